The van der Waals surface area contributed by atoms with Crippen LogP contribution in [-0.4, -0.2) is 15.0 Å². The summed E-state index contributed by atoms with van der Waals surface area (Å²) in [5.74, 6) is 0. The van der Waals surface area contributed by atoms with Crippen LogP contribution in [0.15, 0.2) is 67.0 Å². The van der Waals surface area contributed by atoms with Crippen LogP contribution in [0.2, 0.25) is 0 Å². The van der Waals surface area contributed by atoms with Gasteiger partial charge in [-0.2, -0.15) is 0 Å². The fourth-order valence-electron chi connectivity index (χ4n) is 2.83. The third kappa shape index (κ3) is 3.03. The van der Waals surface area contributed by atoms with Crippen LogP contribution in [0.3, 0.4) is 0 Å². The van der Waals surface area contributed by atoms with Gasteiger partial charge in [0.1, 0.15) is 0 Å². The van der Waals surface area contributed by atoms with Gasteiger partial charge in [0.2, 0.25) is 0 Å². The van der Waals surface area contributed by atoms with Gasteiger partial charge in [0, 0.05) is 6.20 Å². The highest BCUT2D eigenvalue weighted by atomic mass is 15.5. The van der Waals surface area contributed by atoms with Crippen LogP contribution in [0.5, 0.6) is 0 Å². The Balaban J connectivity index is 2.03. The van der Waals surface area contributed by atoms with Gasteiger partial charge in [-0.1, -0.05) is 73.2 Å². The smallest absolute Gasteiger partial charge is 0.163 e. The molecule has 1 heterocycles. The highest BCUT2D eigenvalue weighted by Gasteiger charge is 2.32. The molecule has 3 aromatic rings. The van der Waals surface area contributed by atoms with Crippen LogP contribution in [0.4, 0.5) is 0 Å². The number of hydrogen-bond acceptors (Lipinski definition) is 3. The van der Waals surface area contributed by atoms with Gasteiger partial charge in [-0.3, -0.25) is 5.73 Å². The van der Waals surface area contributed by atoms with E-state index in [9.17, 15) is 0 Å². The largest absolute Gasteiger partial charge is 0.299 e. The van der Waals surface area contributed by atoms with E-state index in [0.717, 1.165) is 17.5 Å². The molecular formula is C19H22N4. The first-order valence-corrected chi connectivity index (χ1v) is 8.05. The highest BCUT2D eigenvalue weighted by molar-refractivity contribution is 5.39. The number of nitrogens with two attached hydrogens (primary N) is 1. The molecule has 0 amide bonds. The fraction of sp³-hybridized carbons (Fsp3) is 0.263. The Hall–Kier alpha value is -2.46. The number of nitrogens with zero attached hydrogens (tertiary/aromatic N) is 3. The summed E-state index contributed by atoms with van der Waals surface area (Å²) in [7, 11) is 0. The Morgan fingerprint density at radius 2 is 1.70 bits per heavy atom. The van der Waals surface area contributed by atoms with E-state index in [-0.39, 0.29) is 0 Å². The van der Waals surface area contributed by atoms with Gasteiger partial charge < -0.3 is 0 Å². The van der Waals surface area contributed by atoms with E-state index in [4.69, 9.17) is 5.73 Å². The van der Waals surface area contributed by atoms with Crippen molar-refractivity contribution in [2.24, 2.45) is 5.73 Å². The molecule has 2 N–H and O–H groups in total. The van der Waals surface area contributed by atoms with E-state index in [1.165, 1.54) is 18.4 Å². The summed E-state index contributed by atoms with van der Waals surface area (Å²) >= 11 is 0. The fourth-order valence-corrected chi connectivity index (χ4v) is 2.83. The van der Waals surface area contributed by atoms with Crippen molar-refractivity contribution in [2.45, 2.75) is 31.8 Å². The van der Waals surface area contributed by atoms with Gasteiger partial charge in [0.05, 0.1) is 6.20 Å². The zero-order chi connectivity index (χ0) is 16.1. The van der Waals surface area contributed by atoms with Gasteiger partial charge in [0.15, 0.2) is 5.66 Å². The third-order valence-electron chi connectivity index (χ3n) is 4.21. The van der Waals surface area contributed by atoms with Crippen LogP contribution in [-0.2, 0) is 12.1 Å². The van der Waals surface area contributed by atoms with E-state index in [2.05, 4.69) is 41.5 Å². The van der Waals surface area contributed by atoms with Crippen LogP contribution >= 0.6 is 0 Å². The molecule has 0 radical (unpaired) electrons. The van der Waals surface area contributed by atoms with E-state index in [0.29, 0.717) is 0 Å². The summed E-state index contributed by atoms with van der Waals surface area (Å²) in [6.07, 6.45) is 6.96. The lowest BCUT2D eigenvalue weighted by Crippen LogP contribution is -2.45. The minimum Gasteiger partial charge on any atom is -0.299 e. The van der Waals surface area contributed by atoms with Crippen LogP contribution in [0.1, 0.15) is 36.5 Å². The Kier molecular flexibility index (Phi) is 4.53. The maximum Gasteiger partial charge on any atom is 0.163 e. The molecule has 0 saturated carbocycles. The summed E-state index contributed by atoms with van der Waals surface area (Å²) in [6.45, 7) is 2.21. The molecule has 4 nitrogen and oxygen atoms in total. The SMILES string of the molecule is CCCCc1ccc(C(N)(c2ccccc2)n2ccnn2)cc1. The number of aryl methyl sites for hydroxylation is 1. The maximum atomic E-state index is 6.82. The number of benzene rings is 2. The van der Waals surface area contributed by atoms with Crippen molar-refractivity contribution < 1.29 is 0 Å². The lowest BCUT2D eigenvalue weighted by Gasteiger charge is -2.30. The Morgan fingerprint density at radius 1 is 1.00 bits per heavy atom. The predicted octanol–water partition coefficient (Wildman–Crippen LogP) is 3.33. The van der Waals surface area contributed by atoms with Crippen LogP contribution < -0.4 is 5.73 Å². The molecule has 3 rings (SSSR count). The minimum absolute atomic E-state index is 0.860. The molecule has 4 heteroatoms. The molecule has 0 aliphatic rings. The summed E-state index contributed by atoms with van der Waals surface area (Å²) in [6, 6.07) is 18.5. The lowest BCUT2D eigenvalue weighted by molar-refractivity contribution is 0.391. The zero-order valence-electron chi connectivity index (χ0n) is 13.4. The van der Waals surface area contributed by atoms with Gasteiger partial charge in [0.25, 0.3) is 0 Å². The van der Waals surface area contributed by atoms with Crippen molar-refractivity contribution in [1.29, 1.82) is 0 Å². The monoisotopic (exact) mass is 306 g/mol. The molecule has 0 bridgehead atoms. The molecule has 2 aromatic carbocycles. The predicted molar refractivity (Wildman–Crippen MR) is 91.9 cm³/mol. The summed E-state index contributed by atoms with van der Waals surface area (Å²) < 4.78 is 1.71. The normalized spacial score (nSPS) is 13.7. The van der Waals surface area contributed by atoms with Crippen molar-refractivity contribution >= 4 is 0 Å². The zero-order valence-corrected chi connectivity index (χ0v) is 13.4. The Labute approximate surface area is 137 Å². The first-order chi connectivity index (χ1) is 11.2. The lowest BCUT2D eigenvalue weighted by atomic mass is 9.91. The summed E-state index contributed by atoms with van der Waals surface area (Å²) in [4.78, 5) is 0. The molecule has 0 spiro atoms. The second kappa shape index (κ2) is 6.75. The standard InChI is InChI=1S/C19H22N4/c1-2-3-7-16-10-12-18(13-11-16)19(20,23-15-14-21-22-23)17-8-5-4-6-9-17/h4-6,8-15H,2-3,7,20H2,1H3. The quantitative estimate of drug-likeness (QED) is 0.760. The van der Waals surface area contributed by atoms with Crippen molar-refractivity contribution in [3.63, 3.8) is 0 Å². The Morgan fingerprint density at radius 3 is 2.30 bits per heavy atom. The number of unbranched alkanes of at least 4 members (excludes halogenated alkanes) is 1. The second-order valence-electron chi connectivity index (χ2n) is 5.78. The topological polar surface area (TPSA) is 56.7 Å². The third-order valence-corrected chi connectivity index (χ3v) is 4.21. The van der Waals surface area contributed by atoms with Crippen LogP contribution in [0.25, 0.3) is 0 Å². The minimum atomic E-state index is -0.860. The molecule has 1 atom stereocenters. The van der Waals surface area contributed by atoms with Crippen molar-refractivity contribution in [3.8, 4) is 0 Å². The maximum absolute atomic E-state index is 6.82. The second-order valence-corrected chi connectivity index (χ2v) is 5.78. The van der Waals surface area contributed by atoms with Gasteiger partial charge in [-0.15, -0.1) is 5.10 Å². The molecule has 0 aliphatic carbocycles. The summed E-state index contributed by atoms with van der Waals surface area (Å²) in [5, 5.41) is 8.09. The molecule has 1 aromatic heterocycles. The molecule has 0 fully saturated rings. The molecule has 118 valence electrons. The van der Waals surface area contributed by atoms with Crippen LogP contribution in [0, 0.1) is 0 Å². The van der Waals surface area contributed by atoms with E-state index in [1.807, 2.05) is 30.3 Å². The molecule has 1 unspecified atom stereocenters. The number of aromatic nitrogens is 3. The molecule has 0 saturated heterocycles. The number of hydrogen-bond donors (Lipinski definition) is 1. The summed E-state index contributed by atoms with van der Waals surface area (Å²) in [5.41, 5.74) is 9.27. The molecule has 0 aliphatic heterocycles. The average Bonchev–Trinajstić information content (AvgIpc) is 3.15. The van der Waals surface area contributed by atoms with E-state index < -0.39 is 5.66 Å². The van der Waals surface area contributed by atoms with Gasteiger partial charge in [-0.25, -0.2) is 4.68 Å². The Bertz CT molecular complexity index is 720. The van der Waals surface area contributed by atoms with Crippen molar-refractivity contribution in [1.82, 2.24) is 15.0 Å². The first kappa shape index (κ1) is 15.4. The van der Waals surface area contributed by atoms with Crippen molar-refractivity contribution in [3.05, 3.63) is 83.7 Å². The average molecular weight is 306 g/mol. The molecule has 23 heavy (non-hydrogen) atoms. The van der Waals surface area contributed by atoms with E-state index >= 15 is 0 Å². The number of rotatable bonds is 6. The van der Waals surface area contributed by atoms with E-state index in [1.54, 1.807) is 17.1 Å². The van der Waals surface area contributed by atoms with Gasteiger partial charge >= 0.3 is 0 Å². The van der Waals surface area contributed by atoms with Gasteiger partial charge in [-0.05, 0) is 29.5 Å². The first-order valence-electron chi connectivity index (χ1n) is 8.05. The molecular weight excluding hydrogens is 284 g/mol. The highest BCUT2D eigenvalue weighted by Crippen LogP contribution is 2.28. The van der Waals surface area contributed by atoms with Crippen molar-refractivity contribution in [2.75, 3.05) is 0 Å².